The van der Waals surface area contributed by atoms with Crippen molar-refractivity contribution in [3.05, 3.63) is 121 Å². The summed E-state index contributed by atoms with van der Waals surface area (Å²) in [6.07, 6.45) is 6.69. The van der Waals surface area contributed by atoms with Gasteiger partial charge in [0.1, 0.15) is 17.1 Å². The average Bonchev–Trinajstić information content (AvgIpc) is 3.39. The van der Waals surface area contributed by atoms with Gasteiger partial charge in [-0.15, -0.1) is 0 Å². The summed E-state index contributed by atoms with van der Waals surface area (Å²) < 4.78 is 0.949. The van der Waals surface area contributed by atoms with Gasteiger partial charge in [-0.25, -0.2) is 9.97 Å². The van der Waals surface area contributed by atoms with Crippen molar-refractivity contribution in [1.29, 1.82) is 0 Å². The summed E-state index contributed by atoms with van der Waals surface area (Å²) in [6.45, 7) is -0.0662. The van der Waals surface area contributed by atoms with Gasteiger partial charge < -0.3 is 15.7 Å². The van der Waals surface area contributed by atoms with Crippen molar-refractivity contribution < 1.29 is 9.90 Å². The Kier molecular flexibility index (Phi) is 7.50. The van der Waals surface area contributed by atoms with Crippen LogP contribution in [0.25, 0.3) is 0 Å². The number of aromatic nitrogens is 4. The Labute approximate surface area is 221 Å². The van der Waals surface area contributed by atoms with E-state index in [1.54, 1.807) is 49.1 Å². The number of nitrogens with one attached hydrogen (secondary N) is 2. The first-order valence-corrected chi connectivity index (χ1v) is 13.0. The monoisotopic (exact) mass is 526 g/mol. The van der Waals surface area contributed by atoms with Crippen molar-refractivity contribution in [2.24, 2.45) is 0 Å². The minimum absolute atomic E-state index is 0.0662. The van der Waals surface area contributed by atoms with E-state index in [-0.39, 0.29) is 12.2 Å². The SMILES string of the molecule is O=C(NCC(O)(c1ccccc1)c1ccccn1)c1cc(Sc2cnc(Nc3ccccn3)s2)ccn1. The molecule has 3 N–H and O–H groups in total. The van der Waals surface area contributed by atoms with Crippen LogP contribution in [-0.4, -0.2) is 37.5 Å². The number of nitrogens with zero attached hydrogens (tertiary/aromatic N) is 4. The highest BCUT2D eigenvalue weighted by atomic mass is 32.2. The number of pyridine rings is 3. The number of benzene rings is 1. The van der Waals surface area contributed by atoms with E-state index in [2.05, 4.69) is 30.6 Å². The number of carbonyl (C=O) groups is 1. The minimum Gasteiger partial charge on any atom is -0.377 e. The number of thiazole rings is 1. The Hall–Kier alpha value is -4.12. The fourth-order valence-electron chi connectivity index (χ4n) is 3.59. The van der Waals surface area contributed by atoms with Gasteiger partial charge in [-0.3, -0.25) is 14.8 Å². The van der Waals surface area contributed by atoms with Gasteiger partial charge in [-0.2, -0.15) is 0 Å². The summed E-state index contributed by atoms with van der Waals surface area (Å²) in [5.74, 6) is 0.326. The first-order valence-electron chi connectivity index (χ1n) is 11.4. The van der Waals surface area contributed by atoms with E-state index in [1.165, 1.54) is 23.1 Å². The zero-order valence-corrected chi connectivity index (χ0v) is 21.1. The predicted octanol–water partition coefficient (Wildman–Crippen LogP) is 4.89. The molecule has 8 nitrogen and oxygen atoms in total. The third-order valence-electron chi connectivity index (χ3n) is 5.41. The molecule has 37 heavy (non-hydrogen) atoms. The lowest BCUT2D eigenvalue weighted by molar-refractivity contribution is 0.0664. The smallest absolute Gasteiger partial charge is 0.270 e. The molecule has 0 spiro atoms. The molecule has 1 atom stereocenters. The Morgan fingerprint density at radius 3 is 2.43 bits per heavy atom. The molecule has 4 aromatic heterocycles. The molecule has 0 aliphatic carbocycles. The second kappa shape index (κ2) is 11.3. The van der Waals surface area contributed by atoms with E-state index in [0.29, 0.717) is 11.3 Å². The lowest BCUT2D eigenvalue weighted by Crippen LogP contribution is -2.42. The Morgan fingerprint density at radius 1 is 0.892 bits per heavy atom. The number of rotatable bonds is 9. The summed E-state index contributed by atoms with van der Waals surface area (Å²) >= 11 is 2.97. The maximum absolute atomic E-state index is 13.0. The molecule has 10 heteroatoms. The van der Waals surface area contributed by atoms with E-state index in [4.69, 9.17) is 0 Å². The van der Waals surface area contributed by atoms with Crippen LogP contribution in [0.4, 0.5) is 10.9 Å². The lowest BCUT2D eigenvalue weighted by atomic mass is 9.89. The van der Waals surface area contributed by atoms with Crippen molar-refractivity contribution in [3.63, 3.8) is 0 Å². The molecule has 0 aliphatic heterocycles. The Bertz CT molecular complexity index is 1430. The highest BCUT2D eigenvalue weighted by Gasteiger charge is 2.33. The van der Waals surface area contributed by atoms with Gasteiger partial charge in [0, 0.05) is 23.5 Å². The molecule has 0 saturated heterocycles. The van der Waals surface area contributed by atoms with Crippen LogP contribution in [0.3, 0.4) is 0 Å². The van der Waals surface area contributed by atoms with E-state index >= 15 is 0 Å². The number of amides is 1. The van der Waals surface area contributed by atoms with Gasteiger partial charge in [0.15, 0.2) is 5.13 Å². The van der Waals surface area contributed by atoms with Crippen molar-refractivity contribution in [3.8, 4) is 0 Å². The van der Waals surface area contributed by atoms with Crippen LogP contribution in [0, 0.1) is 0 Å². The van der Waals surface area contributed by atoms with Gasteiger partial charge in [0.2, 0.25) is 0 Å². The number of hydrogen-bond donors (Lipinski definition) is 3. The van der Waals surface area contributed by atoms with Crippen LogP contribution in [-0.2, 0) is 5.60 Å². The van der Waals surface area contributed by atoms with Crippen LogP contribution in [0.1, 0.15) is 21.7 Å². The molecule has 184 valence electrons. The molecule has 0 aliphatic rings. The molecule has 5 aromatic rings. The number of hydrogen-bond acceptors (Lipinski definition) is 9. The summed E-state index contributed by atoms with van der Waals surface area (Å²) in [4.78, 5) is 31.1. The average molecular weight is 527 g/mol. The van der Waals surface area contributed by atoms with E-state index < -0.39 is 11.5 Å². The molecule has 1 aromatic carbocycles. The van der Waals surface area contributed by atoms with Gasteiger partial charge in [0.05, 0.1) is 22.6 Å². The molecule has 5 rings (SSSR count). The molecular formula is C27H22N6O2S2. The molecule has 1 amide bonds. The van der Waals surface area contributed by atoms with E-state index in [9.17, 15) is 9.90 Å². The van der Waals surface area contributed by atoms with Crippen LogP contribution in [0.5, 0.6) is 0 Å². The topological polar surface area (TPSA) is 113 Å². The van der Waals surface area contributed by atoms with Crippen molar-refractivity contribution in [2.75, 3.05) is 11.9 Å². The van der Waals surface area contributed by atoms with Crippen molar-refractivity contribution >= 4 is 40.0 Å². The highest BCUT2D eigenvalue weighted by Crippen LogP contribution is 2.35. The van der Waals surface area contributed by atoms with Crippen LogP contribution in [0.2, 0.25) is 0 Å². The van der Waals surface area contributed by atoms with Crippen LogP contribution >= 0.6 is 23.1 Å². The number of aliphatic hydroxyl groups is 1. The lowest BCUT2D eigenvalue weighted by Gasteiger charge is -2.28. The van der Waals surface area contributed by atoms with Crippen molar-refractivity contribution in [1.82, 2.24) is 25.3 Å². The Morgan fingerprint density at radius 2 is 1.68 bits per heavy atom. The maximum atomic E-state index is 13.0. The minimum atomic E-state index is -1.50. The summed E-state index contributed by atoms with van der Waals surface area (Å²) in [6, 6.07) is 23.7. The fourth-order valence-corrected chi connectivity index (χ4v) is 5.47. The van der Waals surface area contributed by atoms with E-state index in [1.807, 2.05) is 54.6 Å². The molecule has 0 fully saturated rings. The molecule has 0 radical (unpaired) electrons. The largest absolute Gasteiger partial charge is 0.377 e. The zero-order valence-electron chi connectivity index (χ0n) is 19.5. The first kappa shape index (κ1) is 24.6. The predicted molar refractivity (Wildman–Crippen MR) is 144 cm³/mol. The number of carbonyl (C=O) groups excluding carboxylic acids is 1. The van der Waals surface area contributed by atoms with Crippen LogP contribution < -0.4 is 10.6 Å². The Balaban J connectivity index is 1.27. The summed E-state index contributed by atoms with van der Waals surface area (Å²) in [5.41, 5.74) is -0.173. The molecule has 0 saturated carbocycles. The van der Waals surface area contributed by atoms with Crippen LogP contribution in [0.15, 0.2) is 113 Å². The zero-order chi connectivity index (χ0) is 25.5. The van der Waals surface area contributed by atoms with Gasteiger partial charge in [0.25, 0.3) is 5.91 Å². The molecule has 0 bridgehead atoms. The third kappa shape index (κ3) is 6.00. The van der Waals surface area contributed by atoms with Crippen molar-refractivity contribution in [2.45, 2.75) is 14.7 Å². The van der Waals surface area contributed by atoms with Gasteiger partial charge >= 0.3 is 0 Å². The summed E-state index contributed by atoms with van der Waals surface area (Å²) in [7, 11) is 0. The number of anilines is 2. The molecule has 4 heterocycles. The third-order valence-corrected chi connectivity index (χ3v) is 7.42. The normalized spacial score (nSPS) is 12.5. The maximum Gasteiger partial charge on any atom is 0.270 e. The quantitative estimate of drug-likeness (QED) is 0.249. The van der Waals surface area contributed by atoms with Gasteiger partial charge in [-0.1, -0.05) is 65.6 Å². The first-order chi connectivity index (χ1) is 18.1. The standard InChI is InChI=1S/C27H22N6O2S2/c34-25(32-18-27(35,19-8-2-1-3-9-19)22-10-4-6-13-29-22)21-16-20(12-15-28-21)36-24-17-31-26(37-24)33-23-11-5-7-14-30-23/h1-17,35H,18H2,(H,32,34)(H,30,31,33). The highest BCUT2D eigenvalue weighted by molar-refractivity contribution is 8.01. The fraction of sp³-hybridized carbons (Fsp3) is 0.0741. The van der Waals surface area contributed by atoms with E-state index in [0.717, 1.165) is 20.1 Å². The molecule has 1 unspecified atom stereocenters. The molecular weight excluding hydrogens is 504 g/mol. The van der Waals surface area contributed by atoms with Gasteiger partial charge in [-0.05, 0) is 42.0 Å². The second-order valence-corrected chi connectivity index (χ2v) is 10.3. The second-order valence-electron chi connectivity index (χ2n) is 7.93. The summed E-state index contributed by atoms with van der Waals surface area (Å²) in [5, 5.41) is 18.3.